The zero-order valence-corrected chi connectivity index (χ0v) is 19.7. The number of nitrogens with one attached hydrogen (secondary N) is 1. The fourth-order valence-corrected chi connectivity index (χ4v) is 4.30. The molecule has 184 valence electrons. The van der Waals surface area contributed by atoms with E-state index in [1.165, 1.54) is 7.11 Å². The minimum absolute atomic E-state index is 0.00683. The van der Waals surface area contributed by atoms with Crippen molar-refractivity contribution < 1.29 is 28.6 Å². The lowest BCUT2D eigenvalue weighted by Crippen LogP contribution is -2.49. The van der Waals surface area contributed by atoms with Gasteiger partial charge in [0.25, 0.3) is 11.8 Å². The van der Waals surface area contributed by atoms with Crippen molar-refractivity contribution in [1.82, 2.24) is 4.90 Å². The molecule has 1 saturated heterocycles. The Bertz CT molecular complexity index is 1300. The zero-order valence-electron chi connectivity index (χ0n) is 19.7. The van der Waals surface area contributed by atoms with Crippen LogP contribution in [0.2, 0.25) is 0 Å². The predicted molar refractivity (Wildman–Crippen MR) is 133 cm³/mol. The Kier molecular flexibility index (Phi) is 6.44. The first-order valence-corrected chi connectivity index (χ1v) is 11.6. The van der Waals surface area contributed by atoms with Crippen molar-refractivity contribution in [1.29, 1.82) is 0 Å². The van der Waals surface area contributed by atoms with E-state index < -0.39 is 5.97 Å². The summed E-state index contributed by atoms with van der Waals surface area (Å²) in [6.45, 7) is 2.32. The van der Waals surface area contributed by atoms with E-state index >= 15 is 0 Å². The molecule has 36 heavy (non-hydrogen) atoms. The molecule has 0 radical (unpaired) electrons. The summed E-state index contributed by atoms with van der Waals surface area (Å²) in [5.74, 6) is 0.230. The number of piperazine rings is 1. The Morgan fingerprint density at radius 1 is 0.806 bits per heavy atom. The van der Waals surface area contributed by atoms with E-state index in [1.54, 1.807) is 36.4 Å². The molecule has 1 fully saturated rings. The number of amides is 2. The summed E-state index contributed by atoms with van der Waals surface area (Å²) >= 11 is 0. The van der Waals surface area contributed by atoms with E-state index in [1.807, 2.05) is 35.2 Å². The van der Waals surface area contributed by atoms with Gasteiger partial charge in [-0.2, -0.15) is 0 Å². The van der Waals surface area contributed by atoms with E-state index in [9.17, 15) is 14.4 Å². The lowest BCUT2D eigenvalue weighted by Gasteiger charge is -2.37. The van der Waals surface area contributed by atoms with Crippen molar-refractivity contribution in [3.8, 4) is 11.5 Å². The van der Waals surface area contributed by atoms with Gasteiger partial charge in [-0.3, -0.25) is 9.59 Å². The number of anilines is 2. The molecule has 0 atom stereocenters. The van der Waals surface area contributed by atoms with Gasteiger partial charge >= 0.3 is 5.97 Å². The van der Waals surface area contributed by atoms with Crippen LogP contribution in [0.1, 0.15) is 31.1 Å². The highest BCUT2D eigenvalue weighted by atomic mass is 16.7. The highest BCUT2D eigenvalue weighted by Gasteiger charge is 2.25. The van der Waals surface area contributed by atoms with Gasteiger partial charge in [-0.05, 0) is 48.5 Å². The van der Waals surface area contributed by atoms with Crippen molar-refractivity contribution in [2.45, 2.75) is 0 Å². The van der Waals surface area contributed by atoms with Crippen LogP contribution in [0.3, 0.4) is 0 Å². The van der Waals surface area contributed by atoms with Crippen LogP contribution in [0.4, 0.5) is 11.4 Å². The molecule has 2 heterocycles. The van der Waals surface area contributed by atoms with Crippen molar-refractivity contribution in [2.75, 3.05) is 50.3 Å². The van der Waals surface area contributed by atoms with Crippen molar-refractivity contribution in [2.24, 2.45) is 0 Å². The topological polar surface area (TPSA) is 97.4 Å². The molecule has 1 N–H and O–H groups in total. The van der Waals surface area contributed by atoms with Gasteiger partial charge in [-0.15, -0.1) is 0 Å². The summed E-state index contributed by atoms with van der Waals surface area (Å²) < 4.78 is 15.6. The summed E-state index contributed by atoms with van der Waals surface area (Å²) in [4.78, 5) is 42.0. The van der Waals surface area contributed by atoms with E-state index in [-0.39, 0.29) is 18.6 Å². The van der Waals surface area contributed by atoms with Crippen LogP contribution < -0.4 is 19.7 Å². The maximum atomic E-state index is 13.1. The minimum Gasteiger partial charge on any atom is -0.465 e. The molecule has 0 spiro atoms. The molecule has 3 aromatic rings. The highest BCUT2D eigenvalue weighted by Crippen LogP contribution is 2.34. The fourth-order valence-electron chi connectivity index (χ4n) is 4.30. The first-order chi connectivity index (χ1) is 17.5. The average molecular weight is 488 g/mol. The molecule has 5 rings (SSSR count). The van der Waals surface area contributed by atoms with Gasteiger partial charge in [0.1, 0.15) is 0 Å². The third kappa shape index (κ3) is 4.68. The molecule has 0 aliphatic carbocycles. The molecule has 0 aromatic heterocycles. The van der Waals surface area contributed by atoms with Gasteiger partial charge in [-0.1, -0.05) is 18.2 Å². The van der Waals surface area contributed by atoms with Crippen LogP contribution in [-0.2, 0) is 4.74 Å². The molecule has 9 heteroatoms. The van der Waals surface area contributed by atoms with Crippen LogP contribution in [0.15, 0.2) is 66.7 Å². The lowest BCUT2D eigenvalue weighted by atomic mass is 10.1. The summed E-state index contributed by atoms with van der Waals surface area (Å²) in [7, 11) is 1.31. The maximum absolute atomic E-state index is 13.1. The molecule has 0 saturated carbocycles. The molecule has 2 aliphatic heterocycles. The summed E-state index contributed by atoms with van der Waals surface area (Å²) in [5, 5.41) is 2.93. The SMILES string of the molecule is COC(=O)c1ccc(N2CCN(C(=O)c3ccccc3)CC2)c(NC(=O)c2ccc3c(c2)OCO3)c1. The predicted octanol–water partition coefficient (Wildman–Crippen LogP) is 3.42. The van der Waals surface area contributed by atoms with Crippen molar-refractivity contribution in [3.05, 3.63) is 83.4 Å². The molecule has 3 aromatic carbocycles. The summed E-state index contributed by atoms with van der Waals surface area (Å²) in [6.07, 6.45) is 0. The fraction of sp³-hybridized carbons (Fsp3) is 0.222. The number of carbonyl (C=O) groups excluding carboxylic acids is 3. The van der Waals surface area contributed by atoms with Crippen LogP contribution in [-0.4, -0.2) is 62.8 Å². The van der Waals surface area contributed by atoms with Crippen LogP contribution in [0.5, 0.6) is 11.5 Å². The van der Waals surface area contributed by atoms with Crippen molar-refractivity contribution in [3.63, 3.8) is 0 Å². The van der Waals surface area contributed by atoms with Gasteiger partial charge < -0.3 is 29.3 Å². The molecular formula is C27H25N3O6. The molecule has 0 unspecified atom stereocenters. The number of esters is 1. The Balaban J connectivity index is 1.35. The van der Waals surface area contributed by atoms with Gasteiger partial charge in [0.15, 0.2) is 11.5 Å². The molecule has 0 bridgehead atoms. The van der Waals surface area contributed by atoms with Crippen LogP contribution in [0.25, 0.3) is 0 Å². The highest BCUT2D eigenvalue weighted by molar-refractivity contribution is 6.07. The van der Waals surface area contributed by atoms with Crippen LogP contribution >= 0.6 is 0 Å². The monoisotopic (exact) mass is 487 g/mol. The number of hydrogen-bond acceptors (Lipinski definition) is 7. The number of benzene rings is 3. The Morgan fingerprint density at radius 2 is 1.53 bits per heavy atom. The Hall–Kier alpha value is -4.53. The summed E-state index contributed by atoms with van der Waals surface area (Å²) in [5.41, 5.74) is 2.60. The number of fused-ring (bicyclic) bond motifs is 1. The largest absolute Gasteiger partial charge is 0.465 e. The van der Waals surface area contributed by atoms with E-state index in [4.69, 9.17) is 14.2 Å². The van der Waals surface area contributed by atoms with E-state index in [0.717, 1.165) is 5.69 Å². The smallest absolute Gasteiger partial charge is 0.337 e. The molecular weight excluding hydrogens is 462 g/mol. The second-order valence-electron chi connectivity index (χ2n) is 8.39. The van der Waals surface area contributed by atoms with Gasteiger partial charge in [0.2, 0.25) is 6.79 Å². The Morgan fingerprint density at radius 3 is 2.28 bits per heavy atom. The first-order valence-electron chi connectivity index (χ1n) is 11.6. The quantitative estimate of drug-likeness (QED) is 0.551. The number of nitrogens with zero attached hydrogens (tertiary/aromatic N) is 2. The zero-order chi connectivity index (χ0) is 25.1. The van der Waals surface area contributed by atoms with Gasteiger partial charge in [0.05, 0.1) is 24.0 Å². The third-order valence-electron chi connectivity index (χ3n) is 6.23. The van der Waals surface area contributed by atoms with Gasteiger partial charge in [0, 0.05) is 37.3 Å². The second-order valence-corrected chi connectivity index (χ2v) is 8.39. The maximum Gasteiger partial charge on any atom is 0.337 e. The number of methoxy groups -OCH3 is 1. The number of rotatable bonds is 5. The van der Waals surface area contributed by atoms with Crippen LogP contribution in [0, 0.1) is 0 Å². The first kappa shape index (κ1) is 23.2. The van der Waals surface area contributed by atoms with E-state index in [0.29, 0.717) is 60.1 Å². The lowest BCUT2D eigenvalue weighted by molar-refractivity contribution is 0.0600. The molecule has 2 aliphatic rings. The number of ether oxygens (including phenoxy) is 3. The van der Waals surface area contributed by atoms with Gasteiger partial charge in [-0.25, -0.2) is 4.79 Å². The van der Waals surface area contributed by atoms with E-state index in [2.05, 4.69) is 10.2 Å². The normalized spacial score (nSPS) is 14.4. The molecule has 9 nitrogen and oxygen atoms in total. The van der Waals surface area contributed by atoms with Crippen molar-refractivity contribution >= 4 is 29.2 Å². The standard InChI is InChI=1S/C27H25N3O6/c1-34-27(33)20-7-9-22(29-11-13-30(14-12-29)26(32)18-5-3-2-4-6-18)21(15-20)28-25(31)19-8-10-23-24(16-19)36-17-35-23/h2-10,15-16H,11-14,17H2,1H3,(H,28,31). The summed E-state index contributed by atoms with van der Waals surface area (Å²) in [6, 6.07) is 19.2. The second kappa shape index (κ2) is 9.99. The third-order valence-corrected chi connectivity index (χ3v) is 6.23. The number of carbonyl (C=O) groups is 3. The Labute approximate surface area is 208 Å². The molecule has 2 amide bonds. The number of hydrogen-bond donors (Lipinski definition) is 1. The average Bonchev–Trinajstić information content (AvgIpc) is 3.41. The minimum atomic E-state index is -0.501.